The van der Waals surface area contributed by atoms with E-state index in [4.69, 9.17) is 9.47 Å². The minimum atomic E-state index is -0.831. The summed E-state index contributed by atoms with van der Waals surface area (Å²) in [6.07, 6.45) is 1.78. The molecule has 2 aromatic rings. The maximum absolute atomic E-state index is 14.1. The number of benzene rings is 2. The number of rotatable bonds is 9. The van der Waals surface area contributed by atoms with Gasteiger partial charge in [0.1, 0.15) is 11.8 Å². The number of likely N-dealkylation sites (tertiary alicyclic amines) is 1. The van der Waals surface area contributed by atoms with Crippen molar-refractivity contribution in [2.75, 3.05) is 25.6 Å². The van der Waals surface area contributed by atoms with Crippen LogP contribution in [0.4, 0.5) is 5.69 Å². The number of hydrogen-bond donors (Lipinski definition) is 2. The Morgan fingerprint density at radius 3 is 2.57 bits per heavy atom. The van der Waals surface area contributed by atoms with Crippen molar-refractivity contribution in [1.29, 1.82) is 0 Å². The number of anilines is 1. The van der Waals surface area contributed by atoms with E-state index in [1.165, 1.54) is 0 Å². The Balaban J connectivity index is 1.52. The molecule has 0 radical (unpaired) electrons. The van der Waals surface area contributed by atoms with Gasteiger partial charge in [-0.25, -0.2) is 0 Å². The second-order valence-corrected chi connectivity index (χ2v) is 11.4. The molecule has 3 heterocycles. The monoisotopic (exact) mass is 524 g/mol. The van der Waals surface area contributed by atoms with Gasteiger partial charge in [0, 0.05) is 10.9 Å². The maximum Gasteiger partial charge on any atom is 0.310 e. The van der Waals surface area contributed by atoms with Gasteiger partial charge in [-0.15, -0.1) is 11.8 Å². The van der Waals surface area contributed by atoms with Gasteiger partial charge in [0.25, 0.3) is 0 Å². The molecule has 3 saturated heterocycles. The second-order valence-electron chi connectivity index (χ2n) is 9.80. The van der Waals surface area contributed by atoms with Crippen molar-refractivity contribution in [1.82, 2.24) is 4.90 Å². The predicted molar refractivity (Wildman–Crippen MR) is 140 cm³/mol. The van der Waals surface area contributed by atoms with Crippen molar-refractivity contribution in [2.45, 2.75) is 48.3 Å². The predicted octanol–water partition coefficient (Wildman–Crippen LogP) is 2.89. The smallest absolute Gasteiger partial charge is 0.310 e. The molecule has 5 rings (SSSR count). The van der Waals surface area contributed by atoms with Crippen LogP contribution < -0.4 is 10.1 Å². The number of amides is 2. The Bertz CT molecular complexity index is 1160. The van der Waals surface area contributed by atoms with Gasteiger partial charge in [-0.3, -0.25) is 14.4 Å². The SMILES string of the molecule is CCOC(=O)[C@@H]1[C@@H]2CCC3(S2)C(C(=O)Nc2ccc(OC)cc2)N([C@@H](CO)Cc2ccccc2)C(=O)[C@H]13. The van der Waals surface area contributed by atoms with Crippen LogP contribution >= 0.6 is 11.8 Å². The summed E-state index contributed by atoms with van der Waals surface area (Å²) >= 11 is 1.58. The zero-order valence-corrected chi connectivity index (χ0v) is 21.8. The van der Waals surface area contributed by atoms with Crippen LogP contribution in [0.1, 0.15) is 25.3 Å². The molecule has 2 unspecified atom stereocenters. The van der Waals surface area contributed by atoms with Crippen molar-refractivity contribution in [3.05, 3.63) is 60.2 Å². The van der Waals surface area contributed by atoms with Gasteiger partial charge in [0.2, 0.25) is 11.8 Å². The molecule has 2 amide bonds. The Kier molecular flexibility index (Phi) is 7.18. The van der Waals surface area contributed by atoms with Gasteiger partial charge in [-0.1, -0.05) is 30.3 Å². The van der Waals surface area contributed by atoms with Crippen LogP contribution in [0.5, 0.6) is 5.75 Å². The molecule has 3 aliphatic rings. The minimum absolute atomic E-state index is 0.0619. The zero-order valence-electron chi connectivity index (χ0n) is 21.0. The number of esters is 1. The number of carbonyl (C=O) groups excluding carboxylic acids is 3. The molecule has 196 valence electrons. The molecule has 1 spiro atoms. The minimum Gasteiger partial charge on any atom is -0.497 e. The third-order valence-electron chi connectivity index (χ3n) is 7.82. The van der Waals surface area contributed by atoms with Crippen LogP contribution in [-0.2, 0) is 25.5 Å². The highest BCUT2D eigenvalue weighted by molar-refractivity contribution is 8.02. The number of aliphatic hydroxyl groups is 1. The molecule has 0 aromatic heterocycles. The normalized spacial score (nSPS) is 28.6. The van der Waals surface area contributed by atoms with Gasteiger partial charge in [0.15, 0.2) is 0 Å². The molecular formula is C28H32N2O6S. The lowest BCUT2D eigenvalue weighted by molar-refractivity contribution is -0.154. The molecule has 3 fully saturated rings. The van der Waals surface area contributed by atoms with Crippen LogP contribution in [0, 0.1) is 11.8 Å². The summed E-state index contributed by atoms with van der Waals surface area (Å²) in [7, 11) is 1.57. The van der Waals surface area contributed by atoms with Gasteiger partial charge in [0.05, 0.1) is 42.9 Å². The summed E-state index contributed by atoms with van der Waals surface area (Å²) in [6, 6.07) is 15.2. The molecule has 8 nitrogen and oxygen atoms in total. The van der Waals surface area contributed by atoms with Gasteiger partial charge < -0.3 is 24.8 Å². The quantitative estimate of drug-likeness (QED) is 0.486. The number of hydrogen-bond acceptors (Lipinski definition) is 7. The van der Waals surface area contributed by atoms with E-state index in [0.29, 0.717) is 24.3 Å². The van der Waals surface area contributed by atoms with Crippen LogP contribution in [0.2, 0.25) is 0 Å². The lowest BCUT2D eigenvalue weighted by Gasteiger charge is -2.37. The highest BCUT2D eigenvalue weighted by atomic mass is 32.2. The Labute approximate surface area is 220 Å². The molecule has 0 saturated carbocycles. The number of thioether (sulfide) groups is 1. The van der Waals surface area contributed by atoms with Crippen molar-refractivity contribution in [3.8, 4) is 5.75 Å². The maximum atomic E-state index is 14.1. The zero-order chi connectivity index (χ0) is 26.2. The Morgan fingerprint density at radius 2 is 1.92 bits per heavy atom. The number of aliphatic hydroxyl groups excluding tert-OH is 1. The third kappa shape index (κ3) is 4.38. The highest BCUT2D eigenvalue weighted by Crippen LogP contribution is 2.66. The number of ether oxygens (including phenoxy) is 2. The molecule has 2 bridgehead atoms. The Morgan fingerprint density at radius 1 is 1.19 bits per heavy atom. The van der Waals surface area contributed by atoms with Crippen LogP contribution in [0.25, 0.3) is 0 Å². The van der Waals surface area contributed by atoms with E-state index in [9.17, 15) is 19.5 Å². The largest absolute Gasteiger partial charge is 0.497 e. The average Bonchev–Trinajstić information content (AvgIpc) is 3.56. The second kappa shape index (κ2) is 10.4. The van der Waals surface area contributed by atoms with E-state index < -0.39 is 28.7 Å². The van der Waals surface area contributed by atoms with E-state index in [1.54, 1.807) is 55.0 Å². The fourth-order valence-electron chi connectivity index (χ4n) is 6.31. The first-order valence-electron chi connectivity index (χ1n) is 12.7. The summed E-state index contributed by atoms with van der Waals surface area (Å²) < 4.78 is 9.84. The standard InChI is InChI=1S/C28H32N2O6S/c1-3-36-27(34)22-21-13-14-28(37-21)23(22)26(33)30(19(16-31)15-17-7-5-4-6-8-17)24(28)25(32)29-18-9-11-20(35-2)12-10-18/h4-12,19,21-24,31H,3,13-16H2,1-2H3,(H,29,32)/t19-,21+,22-,23+,24?,28?/m1/s1. The first-order chi connectivity index (χ1) is 17.9. The van der Waals surface area contributed by atoms with E-state index in [1.807, 2.05) is 30.3 Å². The van der Waals surface area contributed by atoms with E-state index >= 15 is 0 Å². The summed E-state index contributed by atoms with van der Waals surface area (Å²) in [4.78, 5) is 42.7. The first-order valence-corrected chi connectivity index (χ1v) is 13.6. The number of methoxy groups -OCH3 is 1. The number of nitrogens with zero attached hydrogens (tertiary/aromatic N) is 1. The number of fused-ring (bicyclic) bond motifs is 1. The molecule has 37 heavy (non-hydrogen) atoms. The van der Waals surface area contributed by atoms with Crippen molar-refractivity contribution < 1.29 is 29.0 Å². The molecule has 2 aromatic carbocycles. The fraction of sp³-hybridized carbons (Fsp3) is 0.464. The van der Waals surface area contributed by atoms with Crippen LogP contribution in [0.15, 0.2) is 54.6 Å². The van der Waals surface area contributed by atoms with Crippen molar-refractivity contribution in [3.63, 3.8) is 0 Å². The molecule has 6 atom stereocenters. The molecule has 2 N–H and O–H groups in total. The molecule has 3 aliphatic heterocycles. The summed E-state index contributed by atoms with van der Waals surface area (Å²) in [5.41, 5.74) is 1.54. The number of nitrogens with one attached hydrogen (secondary N) is 1. The average molecular weight is 525 g/mol. The molecular weight excluding hydrogens is 492 g/mol. The van der Waals surface area contributed by atoms with Gasteiger partial charge in [-0.2, -0.15) is 0 Å². The number of carbonyl (C=O) groups is 3. The molecule has 9 heteroatoms. The highest BCUT2D eigenvalue weighted by Gasteiger charge is 2.74. The third-order valence-corrected chi connectivity index (χ3v) is 9.77. The summed E-state index contributed by atoms with van der Waals surface area (Å²) in [5.74, 6) is -1.53. The lowest BCUT2D eigenvalue weighted by atomic mass is 9.71. The molecule has 0 aliphatic carbocycles. The van der Waals surface area contributed by atoms with Gasteiger partial charge >= 0.3 is 5.97 Å². The Hall–Kier alpha value is -3.04. The van der Waals surface area contributed by atoms with Crippen molar-refractivity contribution >= 4 is 35.2 Å². The van der Waals surface area contributed by atoms with Crippen LogP contribution in [0.3, 0.4) is 0 Å². The van der Waals surface area contributed by atoms with E-state index in [-0.39, 0.29) is 36.2 Å². The topological polar surface area (TPSA) is 105 Å². The van der Waals surface area contributed by atoms with Crippen LogP contribution in [-0.4, -0.2) is 70.2 Å². The lowest BCUT2D eigenvalue weighted by Crippen LogP contribution is -2.55. The fourth-order valence-corrected chi connectivity index (χ4v) is 8.51. The van der Waals surface area contributed by atoms with E-state index in [0.717, 1.165) is 12.0 Å². The van der Waals surface area contributed by atoms with Crippen molar-refractivity contribution in [2.24, 2.45) is 11.8 Å². The van der Waals surface area contributed by atoms with Gasteiger partial charge in [-0.05, 0) is 56.0 Å². The summed E-state index contributed by atoms with van der Waals surface area (Å²) in [5, 5.41) is 13.4. The van der Waals surface area contributed by atoms with E-state index in [2.05, 4.69) is 5.32 Å². The first kappa shape index (κ1) is 25.6. The summed E-state index contributed by atoms with van der Waals surface area (Å²) in [6.45, 7) is 1.69.